The maximum atomic E-state index is 12.6. The molecule has 0 unspecified atom stereocenters. The van der Waals surface area contributed by atoms with Gasteiger partial charge in [0.05, 0.1) is 10.8 Å². The molecule has 0 atom stereocenters. The Labute approximate surface area is 164 Å². The van der Waals surface area contributed by atoms with Gasteiger partial charge in [-0.3, -0.25) is 4.79 Å². The Balaban J connectivity index is 1.57. The molecule has 1 aromatic carbocycles. The van der Waals surface area contributed by atoms with Crippen LogP contribution in [0.25, 0.3) is 0 Å². The van der Waals surface area contributed by atoms with E-state index in [1.165, 1.54) is 18.3 Å². The molecule has 1 heterocycles. The van der Waals surface area contributed by atoms with Crippen molar-refractivity contribution >= 4 is 32.2 Å². The topological polar surface area (TPSA) is 76.1 Å². The molecule has 0 spiro atoms. The number of nitrogens with one attached hydrogen (secondary N) is 1. The number of rotatable bonds is 6. The van der Waals surface area contributed by atoms with Gasteiger partial charge in [0.15, 0.2) is 15.0 Å². The number of amides is 1. The number of hydrogen-bond acceptors (Lipinski definition) is 5. The van der Waals surface area contributed by atoms with Gasteiger partial charge in [-0.25, -0.2) is 13.4 Å². The van der Waals surface area contributed by atoms with Crippen LogP contribution in [0.15, 0.2) is 30.5 Å². The highest BCUT2D eigenvalue weighted by atomic mass is 32.2. The Morgan fingerprint density at radius 1 is 1.18 bits per heavy atom. The van der Waals surface area contributed by atoms with Crippen LogP contribution in [0.1, 0.15) is 41.7 Å². The first-order valence-electron chi connectivity index (χ1n) is 8.76. The molecule has 0 aliphatic heterocycles. The Bertz CT molecular complexity index is 932. The molecule has 0 radical (unpaired) electrons. The maximum absolute atomic E-state index is 12.6. The molecule has 0 bridgehead atoms. The van der Waals surface area contributed by atoms with E-state index in [1.54, 1.807) is 0 Å². The first-order valence-corrected chi connectivity index (χ1v) is 11.3. The van der Waals surface area contributed by atoms with Gasteiger partial charge in [0, 0.05) is 17.5 Å². The molecule has 0 saturated heterocycles. The lowest BCUT2D eigenvalue weighted by Gasteiger charge is -2.10. The van der Waals surface area contributed by atoms with Gasteiger partial charge in [0.2, 0.25) is 5.91 Å². The molecule has 3 rings (SSSR count). The number of halogens is 3. The van der Waals surface area contributed by atoms with E-state index < -0.39 is 38.5 Å². The van der Waals surface area contributed by atoms with Crippen LogP contribution in [0.4, 0.5) is 18.3 Å². The summed E-state index contributed by atoms with van der Waals surface area (Å²) in [5.41, 5.74) is -0.0321. The number of carbonyl (C=O) groups excluding carboxylic acids is 1. The molecule has 1 N–H and O–H groups in total. The lowest BCUT2D eigenvalue weighted by atomic mass is 10.1. The predicted molar refractivity (Wildman–Crippen MR) is 101 cm³/mol. The molecule has 1 aliphatic carbocycles. The number of alkyl halides is 3. The van der Waals surface area contributed by atoms with Crippen LogP contribution in [0.2, 0.25) is 0 Å². The summed E-state index contributed by atoms with van der Waals surface area (Å²) >= 11 is 1.16. The van der Waals surface area contributed by atoms with E-state index in [0.717, 1.165) is 41.2 Å². The van der Waals surface area contributed by atoms with Crippen molar-refractivity contribution in [3.05, 3.63) is 46.5 Å². The Morgan fingerprint density at radius 3 is 2.43 bits per heavy atom. The van der Waals surface area contributed by atoms with Crippen LogP contribution >= 0.6 is 11.3 Å². The van der Waals surface area contributed by atoms with Crippen LogP contribution in [0.5, 0.6) is 0 Å². The molecule has 1 fully saturated rings. The van der Waals surface area contributed by atoms with E-state index in [1.807, 2.05) is 0 Å². The third-order valence-electron chi connectivity index (χ3n) is 4.60. The van der Waals surface area contributed by atoms with Gasteiger partial charge in [-0.05, 0) is 30.5 Å². The standard InChI is InChI=1S/C18H19F3N2O3S2/c19-18(20,21)13-7-5-12(6-8-13)9-14-10-22-17(27-14)23-16(24)11-28(25,26)15-3-1-2-4-15/h5-8,10,15H,1-4,9,11H2,(H,22,23,24). The molecule has 1 aliphatic rings. The minimum absolute atomic E-state index is 0.272. The first-order chi connectivity index (χ1) is 13.1. The molecule has 2 aromatic rings. The Morgan fingerprint density at radius 2 is 1.82 bits per heavy atom. The quantitative estimate of drug-likeness (QED) is 0.747. The number of carbonyl (C=O) groups is 1. The van der Waals surface area contributed by atoms with Crippen LogP contribution in [0.3, 0.4) is 0 Å². The highest BCUT2D eigenvalue weighted by molar-refractivity contribution is 7.92. The average Bonchev–Trinajstić information content (AvgIpc) is 3.26. The third-order valence-corrected chi connectivity index (χ3v) is 7.67. The van der Waals surface area contributed by atoms with Gasteiger partial charge < -0.3 is 5.32 Å². The lowest BCUT2D eigenvalue weighted by molar-refractivity contribution is -0.137. The minimum Gasteiger partial charge on any atom is -0.301 e. The van der Waals surface area contributed by atoms with Crippen LogP contribution in [-0.2, 0) is 27.2 Å². The second kappa shape index (κ2) is 8.20. The van der Waals surface area contributed by atoms with Gasteiger partial charge >= 0.3 is 6.18 Å². The molecule has 10 heteroatoms. The third kappa shape index (κ3) is 5.32. The van der Waals surface area contributed by atoms with E-state index in [4.69, 9.17) is 0 Å². The zero-order valence-electron chi connectivity index (χ0n) is 14.8. The van der Waals surface area contributed by atoms with Crippen molar-refractivity contribution in [3.63, 3.8) is 0 Å². The van der Waals surface area contributed by atoms with E-state index in [9.17, 15) is 26.4 Å². The van der Waals surface area contributed by atoms with Gasteiger partial charge in [0.1, 0.15) is 5.75 Å². The number of benzene rings is 1. The molecule has 1 saturated carbocycles. The summed E-state index contributed by atoms with van der Waals surface area (Å²) in [5.74, 6) is -1.19. The lowest BCUT2D eigenvalue weighted by Crippen LogP contribution is -2.29. The van der Waals surface area contributed by atoms with Crippen molar-refractivity contribution in [3.8, 4) is 0 Å². The second-order valence-electron chi connectivity index (χ2n) is 6.77. The zero-order valence-corrected chi connectivity index (χ0v) is 16.5. The summed E-state index contributed by atoms with van der Waals surface area (Å²) in [5, 5.41) is 2.33. The number of anilines is 1. The first kappa shape index (κ1) is 20.8. The molecular formula is C18H19F3N2O3S2. The minimum atomic E-state index is -4.38. The summed E-state index contributed by atoms with van der Waals surface area (Å²) < 4.78 is 62.2. The highest BCUT2D eigenvalue weighted by Crippen LogP contribution is 2.30. The van der Waals surface area contributed by atoms with Crippen molar-refractivity contribution in [2.45, 2.75) is 43.5 Å². The largest absolute Gasteiger partial charge is 0.416 e. The summed E-state index contributed by atoms with van der Waals surface area (Å²) in [7, 11) is -3.46. The number of sulfone groups is 1. The van der Waals surface area contributed by atoms with Gasteiger partial charge in [-0.2, -0.15) is 13.2 Å². The van der Waals surface area contributed by atoms with Crippen molar-refractivity contribution in [1.82, 2.24) is 4.98 Å². The second-order valence-corrected chi connectivity index (χ2v) is 10.2. The van der Waals surface area contributed by atoms with Gasteiger partial charge in [-0.1, -0.05) is 25.0 Å². The fourth-order valence-corrected chi connectivity index (χ4v) is 5.75. The zero-order chi connectivity index (χ0) is 20.4. The molecule has 1 aromatic heterocycles. The van der Waals surface area contributed by atoms with Crippen LogP contribution < -0.4 is 5.32 Å². The highest BCUT2D eigenvalue weighted by Gasteiger charge is 2.31. The summed E-state index contributed by atoms with van der Waals surface area (Å²) in [6.07, 6.45) is 0.444. The van der Waals surface area contributed by atoms with Gasteiger partial charge in [0.25, 0.3) is 0 Å². The molecule has 1 amide bonds. The van der Waals surface area contributed by atoms with Crippen molar-refractivity contribution in [2.24, 2.45) is 0 Å². The molecule has 28 heavy (non-hydrogen) atoms. The number of thiazole rings is 1. The average molecular weight is 432 g/mol. The number of hydrogen-bond donors (Lipinski definition) is 1. The van der Waals surface area contributed by atoms with Crippen molar-refractivity contribution in [1.29, 1.82) is 0 Å². The normalized spacial score (nSPS) is 15.7. The summed E-state index contributed by atoms with van der Waals surface area (Å²) in [6.45, 7) is 0. The fourth-order valence-electron chi connectivity index (χ4n) is 3.16. The number of aromatic nitrogens is 1. The van der Waals surface area contributed by atoms with E-state index in [-0.39, 0.29) is 5.13 Å². The van der Waals surface area contributed by atoms with Crippen molar-refractivity contribution in [2.75, 3.05) is 11.1 Å². The Hall–Kier alpha value is -1.94. The maximum Gasteiger partial charge on any atom is 0.416 e. The van der Waals surface area contributed by atoms with E-state index in [0.29, 0.717) is 24.8 Å². The number of nitrogens with zero attached hydrogens (tertiary/aromatic N) is 1. The van der Waals surface area contributed by atoms with Crippen LogP contribution in [0, 0.1) is 0 Å². The van der Waals surface area contributed by atoms with Crippen molar-refractivity contribution < 1.29 is 26.4 Å². The van der Waals surface area contributed by atoms with Gasteiger partial charge in [-0.15, -0.1) is 11.3 Å². The predicted octanol–water partition coefficient (Wildman–Crippen LogP) is 4.05. The fraction of sp³-hybridized carbons (Fsp3) is 0.444. The molecule has 152 valence electrons. The Kier molecular flexibility index (Phi) is 6.09. The monoisotopic (exact) mass is 432 g/mol. The summed E-state index contributed by atoms with van der Waals surface area (Å²) in [6, 6.07) is 4.84. The van der Waals surface area contributed by atoms with Crippen LogP contribution in [-0.4, -0.2) is 30.3 Å². The molecular weight excluding hydrogens is 413 g/mol. The SMILES string of the molecule is O=C(CS(=O)(=O)C1CCCC1)Nc1ncc(Cc2ccc(C(F)(F)F)cc2)s1. The molecule has 5 nitrogen and oxygen atoms in total. The van der Waals surface area contributed by atoms with E-state index >= 15 is 0 Å². The van der Waals surface area contributed by atoms with E-state index in [2.05, 4.69) is 10.3 Å². The smallest absolute Gasteiger partial charge is 0.301 e. The summed E-state index contributed by atoms with van der Waals surface area (Å²) in [4.78, 5) is 16.8.